The fourth-order valence-corrected chi connectivity index (χ4v) is 2.56. The number of hydrogen-bond donors (Lipinski definition) is 1. The monoisotopic (exact) mass is 262 g/mol. The second-order valence-electron chi connectivity index (χ2n) is 5.23. The predicted octanol–water partition coefficient (Wildman–Crippen LogP) is 1.70. The van der Waals surface area contributed by atoms with Gasteiger partial charge >= 0.3 is 5.97 Å². The highest BCUT2D eigenvalue weighted by Gasteiger charge is 2.43. The molecule has 1 heterocycles. The van der Waals surface area contributed by atoms with Crippen LogP contribution in [-0.4, -0.2) is 29.1 Å². The Morgan fingerprint density at radius 1 is 1.32 bits per heavy atom. The fourth-order valence-electron chi connectivity index (χ4n) is 2.56. The van der Waals surface area contributed by atoms with E-state index in [1.165, 1.54) is 0 Å². The Morgan fingerprint density at radius 3 is 2.68 bits per heavy atom. The lowest BCUT2D eigenvalue weighted by molar-refractivity contribution is -0.139. The van der Waals surface area contributed by atoms with Gasteiger partial charge in [-0.3, -0.25) is 4.79 Å². The van der Waals surface area contributed by atoms with E-state index in [2.05, 4.69) is 13.2 Å². The number of aliphatic hydroxyl groups excluding tert-OH is 1. The quantitative estimate of drug-likeness (QED) is 0.410. The van der Waals surface area contributed by atoms with Crippen molar-refractivity contribution in [3.8, 4) is 0 Å². The third-order valence-electron chi connectivity index (χ3n) is 3.74. The van der Waals surface area contributed by atoms with Gasteiger partial charge in [-0.2, -0.15) is 0 Å². The Labute approximate surface area is 112 Å². The number of ether oxygens (including phenoxy) is 1. The van der Waals surface area contributed by atoms with Gasteiger partial charge in [0, 0.05) is 18.4 Å². The van der Waals surface area contributed by atoms with Crippen molar-refractivity contribution in [3.63, 3.8) is 0 Å². The van der Waals surface area contributed by atoms with Crippen molar-refractivity contribution >= 4 is 11.8 Å². The second kappa shape index (κ2) is 5.13. The Hall–Kier alpha value is -1.68. The van der Waals surface area contributed by atoms with E-state index in [-0.39, 0.29) is 17.8 Å². The van der Waals surface area contributed by atoms with Crippen LogP contribution in [0.2, 0.25) is 0 Å². The standard InChI is InChI=1S/C15H18O4/c1-8-4-5-11(16)9(2)7-13-14(12(17)6-8)10(3)15(18)19-13/h6,12-14,17H,2-5,7H2,1H3/b8-6+. The molecule has 0 saturated carbocycles. The lowest BCUT2D eigenvalue weighted by Gasteiger charge is -2.23. The van der Waals surface area contributed by atoms with E-state index >= 15 is 0 Å². The van der Waals surface area contributed by atoms with Gasteiger partial charge in [0.1, 0.15) is 6.10 Å². The lowest BCUT2D eigenvalue weighted by atomic mass is 9.84. The highest BCUT2D eigenvalue weighted by Crippen LogP contribution is 2.35. The van der Waals surface area contributed by atoms with Crippen molar-refractivity contribution in [1.82, 2.24) is 0 Å². The molecule has 0 aromatic heterocycles. The molecule has 3 unspecified atom stereocenters. The minimum atomic E-state index is -0.815. The molecule has 19 heavy (non-hydrogen) atoms. The largest absolute Gasteiger partial charge is 0.458 e. The number of hydrogen-bond acceptors (Lipinski definition) is 4. The van der Waals surface area contributed by atoms with Gasteiger partial charge in [-0.15, -0.1) is 0 Å². The molecule has 1 fully saturated rings. The summed E-state index contributed by atoms with van der Waals surface area (Å²) in [5.41, 5.74) is 1.63. The highest BCUT2D eigenvalue weighted by atomic mass is 16.6. The third kappa shape index (κ3) is 2.68. The number of Topliss-reactive ketones (excluding diaryl/α,β-unsaturated/α-hetero) is 1. The summed E-state index contributed by atoms with van der Waals surface area (Å²) in [4.78, 5) is 23.4. The Bertz CT molecular complexity index is 486. The van der Waals surface area contributed by atoms with Crippen molar-refractivity contribution < 1.29 is 19.4 Å². The minimum Gasteiger partial charge on any atom is -0.458 e. The molecule has 0 aromatic rings. The summed E-state index contributed by atoms with van der Waals surface area (Å²) in [5, 5.41) is 10.2. The number of carbonyl (C=O) groups excluding carboxylic acids is 2. The molecule has 0 bridgehead atoms. The van der Waals surface area contributed by atoms with E-state index in [1.807, 2.05) is 6.92 Å². The molecule has 2 aliphatic rings. The SMILES string of the molecule is C=C1CC2OC(=O)C(=C)C2C(O)/C=C(\C)CCC1=O. The average Bonchev–Trinajstić information content (AvgIpc) is 2.60. The molecule has 4 nitrogen and oxygen atoms in total. The maximum atomic E-state index is 11.9. The number of rotatable bonds is 0. The summed E-state index contributed by atoms with van der Waals surface area (Å²) < 4.78 is 5.19. The normalized spacial score (nSPS) is 35.5. The topological polar surface area (TPSA) is 63.6 Å². The van der Waals surface area contributed by atoms with Gasteiger partial charge in [0.25, 0.3) is 0 Å². The second-order valence-corrected chi connectivity index (χ2v) is 5.23. The van der Waals surface area contributed by atoms with E-state index in [9.17, 15) is 14.7 Å². The van der Waals surface area contributed by atoms with Crippen LogP contribution in [0.5, 0.6) is 0 Å². The van der Waals surface area contributed by atoms with E-state index < -0.39 is 24.1 Å². The number of carbonyl (C=O) groups is 2. The van der Waals surface area contributed by atoms with Gasteiger partial charge in [0.2, 0.25) is 0 Å². The van der Waals surface area contributed by atoms with Crippen LogP contribution >= 0.6 is 0 Å². The van der Waals surface area contributed by atoms with E-state index in [0.717, 1.165) is 5.57 Å². The van der Waals surface area contributed by atoms with Crippen molar-refractivity contribution in [2.75, 3.05) is 0 Å². The van der Waals surface area contributed by atoms with Gasteiger partial charge in [0.15, 0.2) is 5.78 Å². The molecular formula is C15H18O4. The van der Waals surface area contributed by atoms with Crippen molar-refractivity contribution in [1.29, 1.82) is 0 Å². The molecule has 0 radical (unpaired) electrons. The van der Waals surface area contributed by atoms with E-state index in [1.54, 1.807) is 6.08 Å². The molecule has 0 amide bonds. The van der Waals surface area contributed by atoms with Crippen LogP contribution in [0, 0.1) is 5.92 Å². The van der Waals surface area contributed by atoms with Crippen molar-refractivity contribution in [2.45, 2.75) is 38.4 Å². The molecule has 1 aliphatic heterocycles. The zero-order chi connectivity index (χ0) is 14.2. The van der Waals surface area contributed by atoms with Crippen LogP contribution in [0.25, 0.3) is 0 Å². The lowest BCUT2D eigenvalue weighted by Crippen LogP contribution is -2.29. The summed E-state index contributed by atoms with van der Waals surface area (Å²) in [6, 6.07) is 0. The molecule has 1 saturated heterocycles. The molecule has 0 spiro atoms. The molecule has 1 aliphatic carbocycles. The summed E-state index contributed by atoms with van der Waals surface area (Å²) in [7, 11) is 0. The van der Waals surface area contributed by atoms with Gasteiger partial charge in [0.05, 0.1) is 12.0 Å². The van der Waals surface area contributed by atoms with E-state index in [4.69, 9.17) is 4.74 Å². The van der Waals surface area contributed by atoms with Gasteiger partial charge < -0.3 is 9.84 Å². The smallest absolute Gasteiger partial charge is 0.334 e. The molecule has 0 aromatic carbocycles. The van der Waals surface area contributed by atoms with Gasteiger partial charge in [-0.25, -0.2) is 4.79 Å². The van der Waals surface area contributed by atoms with Crippen LogP contribution < -0.4 is 0 Å². The van der Waals surface area contributed by atoms with Gasteiger partial charge in [-0.05, 0) is 18.9 Å². The van der Waals surface area contributed by atoms with Crippen LogP contribution in [-0.2, 0) is 14.3 Å². The first-order chi connectivity index (χ1) is 8.90. The van der Waals surface area contributed by atoms with Crippen LogP contribution in [0.15, 0.2) is 36.0 Å². The number of allylic oxidation sites excluding steroid dienone is 1. The predicted molar refractivity (Wildman–Crippen MR) is 70.3 cm³/mol. The minimum absolute atomic E-state index is 0.0172. The zero-order valence-corrected chi connectivity index (χ0v) is 11.0. The Balaban J connectivity index is 2.35. The van der Waals surface area contributed by atoms with Gasteiger partial charge in [-0.1, -0.05) is 24.8 Å². The molecule has 4 heteroatoms. The van der Waals surface area contributed by atoms with Crippen LogP contribution in [0.3, 0.4) is 0 Å². The molecule has 1 N–H and O–H groups in total. The maximum Gasteiger partial charge on any atom is 0.334 e. The summed E-state index contributed by atoms with van der Waals surface area (Å²) in [6.07, 6.45) is 1.55. The molecule has 3 atom stereocenters. The first-order valence-corrected chi connectivity index (χ1v) is 6.36. The fraction of sp³-hybridized carbons (Fsp3) is 0.467. The van der Waals surface area contributed by atoms with E-state index in [0.29, 0.717) is 18.4 Å². The zero-order valence-electron chi connectivity index (χ0n) is 11.0. The maximum absolute atomic E-state index is 11.9. The molecule has 2 rings (SSSR count). The number of aliphatic hydroxyl groups is 1. The first kappa shape index (κ1) is 13.7. The first-order valence-electron chi connectivity index (χ1n) is 6.36. The summed E-state index contributed by atoms with van der Waals surface area (Å²) in [5.74, 6) is -1.01. The Morgan fingerprint density at radius 2 is 2.00 bits per heavy atom. The number of esters is 1. The molecule has 102 valence electrons. The average molecular weight is 262 g/mol. The van der Waals surface area contributed by atoms with Crippen LogP contribution in [0.4, 0.5) is 0 Å². The number of ketones is 1. The van der Waals surface area contributed by atoms with Crippen LogP contribution in [0.1, 0.15) is 26.2 Å². The Kier molecular flexibility index (Phi) is 3.71. The van der Waals surface area contributed by atoms with Crippen molar-refractivity contribution in [2.24, 2.45) is 5.92 Å². The summed E-state index contributed by atoms with van der Waals surface area (Å²) >= 11 is 0. The molecular weight excluding hydrogens is 244 g/mol. The number of fused-ring (bicyclic) bond motifs is 1. The highest BCUT2D eigenvalue weighted by molar-refractivity contribution is 5.95. The van der Waals surface area contributed by atoms with Crippen molar-refractivity contribution in [3.05, 3.63) is 36.0 Å². The summed E-state index contributed by atoms with van der Waals surface area (Å²) in [6.45, 7) is 9.30. The third-order valence-corrected chi connectivity index (χ3v) is 3.74.